The van der Waals surface area contributed by atoms with Crippen LogP contribution in [0.3, 0.4) is 0 Å². The van der Waals surface area contributed by atoms with Crippen LogP contribution < -0.4 is 11.1 Å². The molecule has 2 aromatic carbocycles. The van der Waals surface area contributed by atoms with Crippen LogP contribution in [0.5, 0.6) is 0 Å². The van der Waals surface area contributed by atoms with Crippen molar-refractivity contribution in [2.45, 2.75) is 6.92 Å². The Hall–Kier alpha value is -1.30. The van der Waals surface area contributed by atoms with Gasteiger partial charge in [0.15, 0.2) is 0 Å². The maximum Gasteiger partial charge on any atom is 0.0907 e. The van der Waals surface area contributed by atoms with Crippen LogP contribution in [-0.4, -0.2) is 4.98 Å². The molecule has 0 atom stereocenters. The smallest absolute Gasteiger partial charge is 0.0907 e. The fourth-order valence-electron chi connectivity index (χ4n) is 1.95. The summed E-state index contributed by atoms with van der Waals surface area (Å²) >= 11 is 11.1. The van der Waals surface area contributed by atoms with E-state index in [0.717, 1.165) is 31.1 Å². The molecule has 0 aliphatic heterocycles. The molecule has 3 N–H and O–H groups in total. The van der Waals surface area contributed by atoms with Gasteiger partial charge < -0.3 is 11.1 Å². The van der Waals surface area contributed by atoms with Crippen molar-refractivity contribution in [1.82, 2.24) is 4.98 Å². The minimum absolute atomic E-state index is 0.681. The largest absolute Gasteiger partial charge is 0.397 e. The Bertz CT molecular complexity index is 800. The molecule has 1 aromatic heterocycles. The van der Waals surface area contributed by atoms with E-state index in [1.807, 2.05) is 37.3 Å². The Morgan fingerprint density at radius 3 is 2.80 bits per heavy atom. The fourth-order valence-corrected chi connectivity index (χ4v) is 3.59. The van der Waals surface area contributed by atoms with Gasteiger partial charge in [-0.3, -0.25) is 0 Å². The highest BCUT2D eigenvalue weighted by Gasteiger charge is 2.08. The minimum atomic E-state index is 0.681. The molecule has 0 bridgehead atoms. The molecule has 0 saturated heterocycles. The van der Waals surface area contributed by atoms with E-state index in [1.54, 1.807) is 11.3 Å². The van der Waals surface area contributed by atoms with Gasteiger partial charge in [0.1, 0.15) is 0 Å². The van der Waals surface area contributed by atoms with Gasteiger partial charge in [-0.2, -0.15) is 0 Å². The number of fused-ring (bicyclic) bond motifs is 1. The average molecular weight is 369 g/mol. The second-order valence-electron chi connectivity index (χ2n) is 4.39. The standard InChI is InChI=1S/C14H11BrClN3S/c1-7-18-13-6-12(10(17)5-14(13)20-7)19-11-3-2-8(16)4-9(11)15/h2-6,19H,17H2,1H3. The predicted molar refractivity (Wildman–Crippen MR) is 91.2 cm³/mol. The van der Waals surface area contributed by atoms with E-state index < -0.39 is 0 Å². The van der Waals surface area contributed by atoms with Gasteiger partial charge in [-0.1, -0.05) is 11.6 Å². The highest BCUT2D eigenvalue weighted by Crippen LogP contribution is 2.34. The topological polar surface area (TPSA) is 50.9 Å². The lowest BCUT2D eigenvalue weighted by Crippen LogP contribution is -1.96. The third-order valence-corrected chi connectivity index (χ3v) is 4.69. The number of aromatic nitrogens is 1. The summed E-state index contributed by atoms with van der Waals surface area (Å²) in [7, 11) is 0. The second kappa shape index (κ2) is 5.24. The summed E-state index contributed by atoms with van der Waals surface area (Å²) < 4.78 is 1.99. The Labute approximate surface area is 133 Å². The molecule has 0 spiro atoms. The number of rotatable bonds is 2. The number of benzene rings is 2. The summed E-state index contributed by atoms with van der Waals surface area (Å²) in [5.41, 5.74) is 9.50. The Morgan fingerprint density at radius 2 is 2.05 bits per heavy atom. The zero-order valence-corrected chi connectivity index (χ0v) is 13.7. The van der Waals surface area contributed by atoms with E-state index >= 15 is 0 Å². The van der Waals surface area contributed by atoms with E-state index in [4.69, 9.17) is 17.3 Å². The van der Waals surface area contributed by atoms with E-state index in [-0.39, 0.29) is 0 Å². The molecule has 0 amide bonds. The summed E-state index contributed by atoms with van der Waals surface area (Å²) in [6.45, 7) is 1.99. The third kappa shape index (κ3) is 2.61. The van der Waals surface area contributed by atoms with Crippen LogP contribution in [0.15, 0.2) is 34.8 Å². The van der Waals surface area contributed by atoms with Gasteiger partial charge in [0.05, 0.1) is 32.3 Å². The summed E-state index contributed by atoms with van der Waals surface area (Å²) in [5, 5.41) is 5.02. The molecular formula is C14H11BrClN3S. The van der Waals surface area contributed by atoms with Crippen LogP contribution in [0.1, 0.15) is 5.01 Å². The molecule has 0 aliphatic rings. The highest BCUT2D eigenvalue weighted by molar-refractivity contribution is 9.10. The van der Waals surface area contributed by atoms with Crippen molar-refractivity contribution in [3.63, 3.8) is 0 Å². The van der Waals surface area contributed by atoms with Crippen molar-refractivity contribution in [2.75, 3.05) is 11.1 Å². The van der Waals surface area contributed by atoms with Crippen LogP contribution in [0.4, 0.5) is 17.1 Å². The first kappa shape index (κ1) is 13.7. The molecule has 0 unspecified atom stereocenters. The number of halogens is 2. The van der Waals surface area contributed by atoms with Crippen LogP contribution in [-0.2, 0) is 0 Å². The normalized spacial score (nSPS) is 10.9. The fraction of sp³-hybridized carbons (Fsp3) is 0.0714. The van der Waals surface area contributed by atoms with Crippen LogP contribution in [0.2, 0.25) is 5.02 Å². The summed E-state index contributed by atoms with van der Waals surface area (Å²) in [6, 6.07) is 9.49. The molecule has 3 nitrogen and oxygen atoms in total. The van der Waals surface area contributed by atoms with Gasteiger partial charge in [0.2, 0.25) is 0 Å². The molecule has 3 aromatic rings. The SMILES string of the molecule is Cc1nc2cc(Nc3ccc(Cl)cc3Br)c(N)cc2s1. The lowest BCUT2D eigenvalue weighted by Gasteiger charge is -2.11. The average Bonchev–Trinajstić information content (AvgIpc) is 2.72. The molecule has 0 saturated carbocycles. The lowest BCUT2D eigenvalue weighted by molar-refractivity contribution is 1.35. The summed E-state index contributed by atoms with van der Waals surface area (Å²) in [4.78, 5) is 4.48. The molecule has 20 heavy (non-hydrogen) atoms. The number of nitrogens with zero attached hydrogens (tertiary/aromatic N) is 1. The predicted octanol–water partition coefficient (Wildman–Crippen LogP) is 5.35. The van der Waals surface area contributed by atoms with Gasteiger partial charge in [-0.05, 0) is 53.2 Å². The molecule has 0 fully saturated rings. The van der Waals surface area contributed by atoms with Crippen molar-refractivity contribution in [3.8, 4) is 0 Å². The van der Waals surface area contributed by atoms with Crippen LogP contribution in [0, 0.1) is 6.92 Å². The number of anilines is 3. The minimum Gasteiger partial charge on any atom is -0.397 e. The van der Waals surface area contributed by atoms with E-state index in [9.17, 15) is 0 Å². The number of aryl methyl sites for hydroxylation is 1. The number of nitrogens with two attached hydrogens (primary N) is 1. The quantitative estimate of drug-likeness (QED) is 0.600. The summed E-state index contributed by atoms with van der Waals surface area (Å²) in [6.07, 6.45) is 0. The van der Waals surface area contributed by atoms with E-state index in [0.29, 0.717) is 10.7 Å². The molecule has 0 aliphatic carbocycles. The van der Waals surface area contributed by atoms with Crippen molar-refractivity contribution in [2.24, 2.45) is 0 Å². The first-order valence-corrected chi connectivity index (χ1v) is 7.90. The number of hydrogen-bond donors (Lipinski definition) is 2. The van der Waals surface area contributed by atoms with Crippen LogP contribution in [0.25, 0.3) is 10.2 Å². The van der Waals surface area contributed by atoms with Gasteiger partial charge in [0, 0.05) is 9.50 Å². The monoisotopic (exact) mass is 367 g/mol. The van der Waals surface area contributed by atoms with Gasteiger partial charge >= 0.3 is 0 Å². The van der Waals surface area contributed by atoms with E-state index in [1.165, 1.54) is 0 Å². The first-order chi connectivity index (χ1) is 9.52. The molecule has 0 radical (unpaired) electrons. The molecule has 1 heterocycles. The third-order valence-electron chi connectivity index (χ3n) is 2.87. The van der Waals surface area contributed by atoms with E-state index in [2.05, 4.69) is 26.2 Å². The maximum absolute atomic E-state index is 6.10. The molecular weight excluding hydrogens is 358 g/mol. The maximum atomic E-state index is 6.10. The second-order valence-corrected chi connectivity index (χ2v) is 6.91. The number of thiazole rings is 1. The Balaban J connectivity index is 2.03. The van der Waals surface area contributed by atoms with Gasteiger partial charge in [0.25, 0.3) is 0 Å². The zero-order valence-electron chi connectivity index (χ0n) is 10.6. The Morgan fingerprint density at radius 1 is 1.25 bits per heavy atom. The van der Waals surface area contributed by atoms with Crippen molar-refractivity contribution >= 4 is 66.1 Å². The van der Waals surface area contributed by atoms with Crippen molar-refractivity contribution in [1.29, 1.82) is 0 Å². The van der Waals surface area contributed by atoms with Crippen molar-refractivity contribution < 1.29 is 0 Å². The molecule has 3 rings (SSSR count). The number of nitrogen functional groups attached to an aromatic ring is 1. The Kier molecular flexibility index (Phi) is 3.58. The van der Waals surface area contributed by atoms with Gasteiger partial charge in [-0.15, -0.1) is 11.3 Å². The number of hydrogen-bond acceptors (Lipinski definition) is 4. The van der Waals surface area contributed by atoms with Crippen LogP contribution >= 0.6 is 38.9 Å². The first-order valence-electron chi connectivity index (χ1n) is 5.91. The highest BCUT2D eigenvalue weighted by atomic mass is 79.9. The zero-order chi connectivity index (χ0) is 14.3. The van der Waals surface area contributed by atoms with Crippen molar-refractivity contribution in [3.05, 3.63) is 44.8 Å². The molecule has 102 valence electrons. The molecule has 6 heteroatoms. The van der Waals surface area contributed by atoms with Gasteiger partial charge in [-0.25, -0.2) is 4.98 Å². The summed E-state index contributed by atoms with van der Waals surface area (Å²) in [5.74, 6) is 0. The number of nitrogens with one attached hydrogen (secondary N) is 1. The lowest BCUT2D eigenvalue weighted by atomic mass is 10.2.